The number of hydrogen-bond acceptors (Lipinski definition) is 3. The van der Waals surface area contributed by atoms with Crippen LogP contribution in [0, 0.1) is 17.0 Å². The summed E-state index contributed by atoms with van der Waals surface area (Å²) in [6.07, 6.45) is 2.43. The van der Waals surface area contributed by atoms with Gasteiger partial charge in [-0.25, -0.2) is 13.8 Å². The highest BCUT2D eigenvalue weighted by Crippen LogP contribution is 2.40. The van der Waals surface area contributed by atoms with Crippen molar-refractivity contribution in [2.75, 3.05) is 13.1 Å². The van der Waals surface area contributed by atoms with E-state index in [1.54, 1.807) is 18.2 Å². The summed E-state index contributed by atoms with van der Waals surface area (Å²) < 4.78 is 30.3. The Kier molecular flexibility index (Phi) is 8.83. The van der Waals surface area contributed by atoms with Gasteiger partial charge in [-0.15, -0.1) is 0 Å². The van der Waals surface area contributed by atoms with Crippen molar-refractivity contribution in [3.63, 3.8) is 0 Å². The topological polar surface area (TPSA) is 64.2 Å². The van der Waals surface area contributed by atoms with E-state index >= 15 is 0 Å². The fourth-order valence-electron chi connectivity index (χ4n) is 4.75. The van der Waals surface area contributed by atoms with Crippen LogP contribution in [0.2, 0.25) is 5.02 Å². The van der Waals surface area contributed by atoms with Gasteiger partial charge in [0, 0.05) is 40.5 Å². The summed E-state index contributed by atoms with van der Waals surface area (Å²) in [6.45, 7) is 7.06. The lowest BCUT2D eigenvalue weighted by molar-refractivity contribution is 0.0482. The van der Waals surface area contributed by atoms with Crippen LogP contribution in [-0.4, -0.2) is 33.4 Å². The van der Waals surface area contributed by atoms with Crippen molar-refractivity contribution in [1.82, 2.24) is 14.5 Å². The van der Waals surface area contributed by atoms with Gasteiger partial charge in [0.2, 0.25) is 0 Å². The van der Waals surface area contributed by atoms with Crippen LogP contribution in [0.25, 0.3) is 11.3 Å². The van der Waals surface area contributed by atoms with E-state index in [9.17, 15) is 13.6 Å². The molecule has 2 N–H and O–H groups in total. The monoisotopic (exact) mass is 550 g/mol. The van der Waals surface area contributed by atoms with E-state index in [0.29, 0.717) is 47.2 Å². The van der Waals surface area contributed by atoms with Gasteiger partial charge in [-0.1, -0.05) is 68.8 Å². The van der Waals surface area contributed by atoms with Crippen molar-refractivity contribution in [2.24, 2.45) is 11.1 Å². The highest BCUT2D eigenvalue weighted by atomic mass is 35.5. The fraction of sp³-hybridized carbons (Fsp3) is 0.290. The lowest BCUT2D eigenvalue weighted by Crippen LogP contribution is -2.43. The maximum atomic E-state index is 14.8. The first kappa shape index (κ1) is 28.5. The number of rotatable bonds is 9. The first-order valence-electron chi connectivity index (χ1n) is 12.9. The predicted molar refractivity (Wildman–Crippen MR) is 151 cm³/mol. The zero-order valence-corrected chi connectivity index (χ0v) is 23.1. The van der Waals surface area contributed by atoms with Gasteiger partial charge in [-0.3, -0.25) is 4.79 Å². The first-order valence-corrected chi connectivity index (χ1v) is 13.3. The third-order valence-electron chi connectivity index (χ3n) is 6.54. The number of amides is 1. The number of carbonyl (C=O) groups excluding carboxylic acids is 1. The van der Waals surface area contributed by atoms with Crippen LogP contribution in [0.4, 0.5) is 8.78 Å². The molecule has 1 amide bonds. The van der Waals surface area contributed by atoms with Gasteiger partial charge in [0.1, 0.15) is 17.5 Å². The zero-order chi connectivity index (χ0) is 28.2. The standard InChI is InChI=1S/C31H33ClF2N4O/c1-31(2,3)28(38(16-8-15-35)30(39)21-9-5-4-6-10-21)29-36-27(22-11-7-12-24(32)17-22)20-37(29)19-23-13-14-25(33)18-26(23)34/h4-7,9-14,17-18,20,28H,8,15-16,19,35H2,1-3H3/t28-/m0/s1. The molecule has 1 atom stereocenters. The number of benzene rings is 3. The molecular weight excluding hydrogens is 518 g/mol. The predicted octanol–water partition coefficient (Wildman–Crippen LogP) is 7.11. The molecule has 4 aromatic rings. The summed E-state index contributed by atoms with van der Waals surface area (Å²) in [4.78, 5) is 20.8. The molecule has 0 unspecified atom stereocenters. The first-order chi connectivity index (χ1) is 18.6. The molecule has 0 saturated heterocycles. The molecule has 39 heavy (non-hydrogen) atoms. The van der Waals surface area contributed by atoms with E-state index in [-0.39, 0.29) is 12.5 Å². The fourth-order valence-corrected chi connectivity index (χ4v) is 4.94. The molecule has 5 nitrogen and oxygen atoms in total. The molecule has 204 valence electrons. The van der Waals surface area contributed by atoms with E-state index < -0.39 is 23.1 Å². The zero-order valence-electron chi connectivity index (χ0n) is 22.4. The Labute approximate surface area is 233 Å². The summed E-state index contributed by atoms with van der Waals surface area (Å²) >= 11 is 6.27. The summed E-state index contributed by atoms with van der Waals surface area (Å²) in [5.41, 5.74) is 7.70. The van der Waals surface area contributed by atoms with Crippen LogP contribution < -0.4 is 5.73 Å². The molecule has 0 bridgehead atoms. The minimum absolute atomic E-state index is 0.103. The van der Waals surface area contributed by atoms with Crippen molar-refractivity contribution in [1.29, 1.82) is 0 Å². The van der Waals surface area contributed by atoms with Crippen molar-refractivity contribution >= 4 is 17.5 Å². The van der Waals surface area contributed by atoms with Gasteiger partial charge in [-0.2, -0.15) is 0 Å². The van der Waals surface area contributed by atoms with Crippen molar-refractivity contribution in [3.05, 3.63) is 113 Å². The number of nitrogens with two attached hydrogens (primary N) is 1. The molecule has 1 heterocycles. The van der Waals surface area contributed by atoms with Gasteiger partial charge >= 0.3 is 0 Å². The van der Waals surface area contributed by atoms with E-state index in [2.05, 4.69) is 0 Å². The van der Waals surface area contributed by atoms with Crippen molar-refractivity contribution in [2.45, 2.75) is 39.8 Å². The molecular formula is C31H33ClF2N4O. The third-order valence-corrected chi connectivity index (χ3v) is 6.78. The third kappa shape index (κ3) is 6.72. The minimum atomic E-state index is -0.647. The van der Waals surface area contributed by atoms with Crippen molar-refractivity contribution < 1.29 is 13.6 Å². The Bertz CT molecular complexity index is 1430. The number of hydrogen-bond donors (Lipinski definition) is 1. The second kappa shape index (κ2) is 12.1. The summed E-state index contributed by atoms with van der Waals surface area (Å²) in [5.74, 6) is -0.847. The molecule has 3 aromatic carbocycles. The van der Waals surface area contributed by atoms with Gasteiger partial charge in [0.15, 0.2) is 0 Å². The number of nitrogens with zero attached hydrogens (tertiary/aromatic N) is 3. The Morgan fingerprint density at radius 3 is 2.44 bits per heavy atom. The molecule has 0 saturated carbocycles. The number of imidazole rings is 1. The summed E-state index contributed by atoms with van der Waals surface area (Å²) in [6, 6.07) is 19.5. The normalized spacial score (nSPS) is 12.4. The lowest BCUT2D eigenvalue weighted by Gasteiger charge is -2.40. The van der Waals surface area contributed by atoms with Crippen LogP contribution in [-0.2, 0) is 6.54 Å². The van der Waals surface area contributed by atoms with Gasteiger partial charge in [0.25, 0.3) is 5.91 Å². The Morgan fingerprint density at radius 1 is 1.05 bits per heavy atom. The Morgan fingerprint density at radius 2 is 1.79 bits per heavy atom. The van der Waals surface area contributed by atoms with Crippen LogP contribution in [0.3, 0.4) is 0 Å². The quantitative estimate of drug-likeness (QED) is 0.241. The molecule has 4 rings (SSSR count). The molecule has 0 radical (unpaired) electrons. The molecule has 0 aliphatic carbocycles. The van der Waals surface area contributed by atoms with Crippen molar-refractivity contribution in [3.8, 4) is 11.3 Å². The van der Waals surface area contributed by atoms with E-state index in [0.717, 1.165) is 11.6 Å². The Hall–Kier alpha value is -3.55. The second-order valence-electron chi connectivity index (χ2n) is 10.6. The molecule has 0 spiro atoms. The van der Waals surface area contributed by atoms with Gasteiger partial charge in [0.05, 0.1) is 18.3 Å². The highest BCUT2D eigenvalue weighted by molar-refractivity contribution is 6.30. The number of carbonyl (C=O) groups is 1. The van der Waals surface area contributed by atoms with Crippen LogP contribution >= 0.6 is 11.6 Å². The van der Waals surface area contributed by atoms with E-state index in [1.807, 2.05) is 72.8 Å². The maximum Gasteiger partial charge on any atom is 0.254 e. The largest absolute Gasteiger partial charge is 0.330 e. The number of aromatic nitrogens is 2. The molecule has 0 fully saturated rings. The number of halogens is 3. The molecule has 1 aromatic heterocycles. The SMILES string of the molecule is CC(C)(C)[C@H](c1nc(-c2cccc(Cl)c2)cn1Cc1ccc(F)cc1F)N(CCCN)C(=O)c1ccccc1. The minimum Gasteiger partial charge on any atom is -0.330 e. The van der Waals surface area contributed by atoms with E-state index in [4.69, 9.17) is 22.3 Å². The smallest absolute Gasteiger partial charge is 0.254 e. The van der Waals surface area contributed by atoms with Gasteiger partial charge in [-0.05, 0) is 48.7 Å². The molecule has 0 aliphatic rings. The summed E-state index contributed by atoms with van der Waals surface area (Å²) in [7, 11) is 0. The summed E-state index contributed by atoms with van der Waals surface area (Å²) in [5, 5.41) is 0.560. The maximum absolute atomic E-state index is 14.8. The van der Waals surface area contributed by atoms with Crippen LogP contribution in [0.5, 0.6) is 0 Å². The molecule has 8 heteroatoms. The second-order valence-corrected chi connectivity index (χ2v) is 11.1. The van der Waals surface area contributed by atoms with Crippen LogP contribution in [0.1, 0.15) is 55.0 Å². The molecule has 0 aliphatic heterocycles. The van der Waals surface area contributed by atoms with Crippen LogP contribution in [0.15, 0.2) is 79.0 Å². The average molecular weight is 551 g/mol. The lowest BCUT2D eigenvalue weighted by atomic mass is 9.84. The average Bonchev–Trinajstić information content (AvgIpc) is 3.30. The highest BCUT2D eigenvalue weighted by Gasteiger charge is 2.38. The van der Waals surface area contributed by atoms with Gasteiger partial charge < -0.3 is 15.2 Å². The van der Waals surface area contributed by atoms with E-state index in [1.165, 1.54) is 12.1 Å². The Balaban J connectivity index is 1.89.